The van der Waals surface area contributed by atoms with Crippen LogP contribution in [0.5, 0.6) is 0 Å². The van der Waals surface area contributed by atoms with Crippen molar-refractivity contribution in [1.82, 2.24) is 14.7 Å². The molecule has 1 aliphatic heterocycles. The Morgan fingerprint density at radius 1 is 1.28 bits per heavy atom. The summed E-state index contributed by atoms with van der Waals surface area (Å²) < 4.78 is 1.78. The summed E-state index contributed by atoms with van der Waals surface area (Å²) in [7, 11) is 2.05. The molecule has 0 radical (unpaired) electrons. The summed E-state index contributed by atoms with van der Waals surface area (Å²) in [4.78, 5) is 12.4. The largest absolute Gasteiger partial charge is 0.296 e. The van der Waals surface area contributed by atoms with Crippen LogP contribution in [-0.2, 0) is 13.1 Å². The number of benzene rings is 1. The van der Waals surface area contributed by atoms with Gasteiger partial charge in [-0.1, -0.05) is 0 Å². The molecular weight excluding hydrogens is 232 g/mol. The number of rotatable bonds is 2. The van der Waals surface area contributed by atoms with Gasteiger partial charge in [0.2, 0.25) is 0 Å². The summed E-state index contributed by atoms with van der Waals surface area (Å²) in [6.07, 6.45) is 1.99. The molecule has 6 nitrogen and oxygen atoms in total. The molecule has 0 atom stereocenters. The maximum Gasteiger partial charge on any atom is 0.269 e. The van der Waals surface area contributed by atoms with E-state index in [9.17, 15) is 10.1 Å². The molecule has 0 aliphatic carbocycles. The summed E-state index contributed by atoms with van der Waals surface area (Å²) in [5.41, 5.74) is 3.24. The minimum Gasteiger partial charge on any atom is -0.296 e. The average molecular weight is 244 g/mol. The van der Waals surface area contributed by atoms with E-state index < -0.39 is 4.92 Å². The second kappa shape index (κ2) is 3.92. The lowest BCUT2D eigenvalue weighted by Gasteiger charge is -2.06. The molecule has 0 fully saturated rings. The van der Waals surface area contributed by atoms with Gasteiger partial charge in [-0.05, 0) is 19.2 Å². The van der Waals surface area contributed by atoms with Crippen LogP contribution >= 0.6 is 0 Å². The van der Waals surface area contributed by atoms with Gasteiger partial charge >= 0.3 is 0 Å². The Balaban J connectivity index is 1.91. The number of fused-ring (bicyclic) bond motifs is 1. The van der Waals surface area contributed by atoms with Crippen LogP contribution in [0.1, 0.15) is 11.3 Å². The number of nitro benzene ring substituents is 1. The van der Waals surface area contributed by atoms with Crippen molar-refractivity contribution in [2.45, 2.75) is 13.1 Å². The van der Waals surface area contributed by atoms with Gasteiger partial charge in [-0.2, -0.15) is 5.10 Å². The number of non-ortho nitro benzene ring substituents is 1. The van der Waals surface area contributed by atoms with Crippen LogP contribution < -0.4 is 0 Å². The lowest BCUT2D eigenvalue weighted by Crippen LogP contribution is -2.10. The van der Waals surface area contributed by atoms with Crippen LogP contribution in [0.2, 0.25) is 0 Å². The zero-order chi connectivity index (χ0) is 12.7. The van der Waals surface area contributed by atoms with Crippen LogP contribution in [0.15, 0.2) is 30.5 Å². The molecule has 0 N–H and O–H groups in total. The molecule has 0 unspecified atom stereocenters. The summed E-state index contributed by atoms with van der Waals surface area (Å²) in [5, 5.41) is 15.1. The number of hydrogen-bond donors (Lipinski definition) is 0. The van der Waals surface area contributed by atoms with Crippen LogP contribution in [0.4, 0.5) is 5.69 Å². The molecule has 0 saturated heterocycles. The molecule has 0 amide bonds. The van der Waals surface area contributed by atoms with Crippen LogP contribution in [-0.4, -0.2) is 26.7 Å². The van der Waals surface area contributed by atoms with Crippen molar-refractivity contribution in [3.05, 3.63) is 51.8 Å². The Hall–Kier alpha value is -2.21. The van der Waals surface area contributed by atoms with Crippen molar-refractivity contribution in [1.29, 1.82) is 0 Å². The topological polar surface area (TPSA) is 64.2 Å². The molecular formula is C12H12N4O2. The number of nitro groups is 1. The summed E-state index contributed by atoms with van der Waals surface area (Å²) in [5.74, 6) is 0. The quantitative estimate of drug-likeness (QED) is 0.596. The molecule has 92 valence electrons. The molecule has 1 aromatic heterocycles. The fourth-order valence-electron chi connectivity index (χ4n) is 2.17. The Bertz CT molecular complexity index is 580. The third kappa shape index (κ3) is 1.76. The van der Waals surface area contributed by atoms with Gasteiger partial charge in [-0.3, -0.25) is 15.0 Å². The second-order valence-electron chi connectivity index (χ2n) is 4.49. The first kappa shape index (κ1) is 10.9. The smallest absolute Gasteiger partial charge is 0.269 e. The first-order chi connectivity index (χ1) is 8.63. The predicted molar refractivity (Wildman–Crippen MR) is 65.4 cm³/mol. The van der Waals surface area contributed by atoms with Gasteiger partial charge in [0.05, 0.1) is 16.3 Å². The molecule has 1 aromatic carbocycles. The van der Waals surface area contributed by atoms with E-state index in [2.05, 4.69) is 17.0 Å². The first-order valence-corrected chi connectivity index (χ1v) is 5.64. The van der Waals surface area contributed by atoms with E-state index in [1.165, 1.54) is 17.7 Å². The highest BCUT2D eigenvalue weighted by molar-refractivity contribution is 5.41. The van der Waals surface area contributed by atoms with E-state index in [0.717, 1.165) is 24.5 Å². The Morgan fingerprint density at radius 3 is 2.61 bits per heavy atom. The van der Waals surface area contributed by atoms with Crippen molar-refractivity contribution < 1.29 is 4.92 Å². The van der Waals surface area contributed by atoms with Crippen molar-refractivity contribution >= 4 is 5.69 Å². The highest BCUT2D eigenvalue weighted by Gasteiger charge is 2.19. The number of aromatic nitrogens is 2. The standard InChI is InChI=1S/C12H12N4O2/c1-14-6-9-7-15(13-12(9)8-14)10-2-4-11(5-3-10)16(17)18/h2-5,7H,6,8H2,1H3. The minimum absolute atomic E-state index is 0.0955. The molecule has 2 heterocycles. The highest BCUT2D eigenvalue weighted by Crippen LogP contribution is 2.22. The van der Waals surface area contributed by atoms with Crippen molar-refractivity contribution in [2.24, 2.45) is 0 Å². The Morgan fingerprint density at radius 2 is 2.00 bits per heavy atom. The highest BCUT2D eigenvalue weighted by atomic mass is 16.6. The molecule has 0 spiro atoms. The predicted octanol–water partition coefficient (Wildman–Crippen LogP) is 1.73. The van der Waals surface area contributed by atoms with Crippen LogP contribution in [0.25, 0.3) is 5.69 Å². The van der Waals surface area contributed by atoms with E-state index in [-0.39, 0.29) is 5.69 Å². The van der Waals surface area contributed by atoms with E-state index in [1.807, 2.05) is 6.20 Å². The molecule has 0 bridgehead atoms. The minimum atomic E-state index is -0.401. The van der Waals surface area contributed by atoms with Gasteiger partial charge < -0.3 is 0 Å². The second-order valence-corrected chi connectivity index (χ2v) is 4.49. The van der Waals surface area contributed by atoms with E-state index in [4.69, 9.17) is 0 Å². The molecule has 0 saturated carbocycles. The van der Waals surface area contributed by atoms with E-state index in [0.29, 0.717) is 0 Å². The van der Waals surface area contributed by atoms with Crippen molar-refractivity contribution in [3.63, 3.8) is 0 Å². The SMILES string of the molecule is CN1Cc2cn(-c3ccc([N+](=O)[O-])cc3)nc2C1. The van der Waals surface area contributed by atoms with Crippen LogP contribution in [0.3, 0.4) is 0 Å². The molecule has 18 heavy (non-hydrogen) atoms. The van der Waals surface area contributed by atoms with Crippen molar-refractivity contribution in [2.75, 3.05) is 7.05 Å². The van der Waals surface area contributed by atoms with Gasteiger partial charge in [0, 0.05) is 37.0 Å². The maximum absolute atomic E-state index is 10.6. The normalized spacial score (nSPS) is 14.7. The van der Waals surface area contributed by atoms with Gasteiger partial charge in [0.1, 0.15) is 0 Å². The zero-order valence-corrected chi connectivity index (χ0v) is 9.91. The Kier molecular flexibility index (Phi) is 2.38. The maximum atomic E-state index is 10.6. The monoisotopic (exact) mass is 244 g/mol. The lowest BCUT2D eigenvalue weighted by molar-refractivity contribution is -0.384. The summed E-state index contributed by atoms with van der Waals surface area (Å²) >= 11 is 0. The van der Waals surface area contributed by atoms with Gasteiger partial charge in [-0.25, -0.2) is 4.68 Å². The summed E-state index contributed by atoms with van der Waals surface area (Å²) in [6, 6.07) is 6.41. The molecule has 6 heteroatoms. The van der Waals surface area contributed by atoms with E-state index >= 15 is 0 Å². The molecule has 1 aliphatic rings. The van der Waals surface area contributed by atoms with Crippen molar-refractivity contribution in [3.8, 4) is 5.69 Å². The molecule has 3 rings (SSSR count). The third-order valence-electron chi connectivity index (χ3n) is 3.06. The van der Waals surface area contributed by atoms with Gasteiger partial charge in [0.25, 0.3) is 5.69 Å². The lowest BCUT2D eigenvalue weighted by atomic mass is 10.3. The fraction of sp³-hybridized carbons (Fsp3) is 0.250. The average Bonchev–Trinajstić information content (AvgIpc) is 2.86. The molecule has 2 aromatic rings. The number of nitrogens with zero attached hydrogens (tertiary/aromatic N) is 4. The van der Waals surface area contributed by atoms with Gasteiger partial charge in [-0.15, -0.1) is 0 Å². The van der Waals surface area contributed by atoms with Crippen LogP contribution in [0, 0.1) is 10.1 Å². The van der Waals surface area contributed by atoms with E-state index in [1.54, 1.807) is 16.8 Å². The van der Waals surface area contributed by atoms with Gasteiger partial charge in [0.15, 0.2) is 0 Å². The Labute approximate surface area is 104 Å². The number of hydrogen-bond acceptors (Lipinski definition) is 4. The zero-order valence-electron chi connectivity index (χ0n) is 9.91. The fourth-order valence-corrected chi connectivity index (χ4v) is 2.17. The first-order valence-electron chi connectivity index (χ1n) is 5.64. The summed E-state index contributed by atoms with van der Waals surface area (Å²) in [6.45, 7) is 1.76. The third-order valence-corrected chi connectivity index (χ3v) is 3.06.